The number of carbonyl (C=O) groups excluding carboxylic acids is 1. The lowest BCUT2D eigenvalue weighted by molar-refractivity contribution is -0.135. The average Bonchev–Trinajstić information content (AvgIpc) is 3.08. The molecule has 1 fully saturated rings. The molecule has 0 atom stereocenters. The Hall–Kier alpha value is -2.69. The molecule has 1 amide bonds. The molecular weight excluding hydrogens is 438 g/mol. The highest BCUT2D eigenvalue weighted by Gasteiger charge is 2.24. The number of carbonyl (C=O) groups is 1. The zero-order valence-corrected chi connectivity index (χ0v) is 18.9. The van der Waals surface area contributed by atoms with Crippen LogP contribution in [0.3, 0.4) is 0 Å². The van der Waals surface area contributed by atoms with E-state index in [9.17, 15) is 18.0 Å². The fourth-order valence-electron chi connectivity index (χ4n) is 3.46. The Balaban J connectivity index is 1.63. The van der Waals surface area contributed by atoms with Crippen molar-refractivity contribution in [3.8, 4) is 0 Å². The second kappa shape index (κ2) is 8.45. The summed E-state index contributed by atoms with van der Waals surface area (Å²) in [6.07, 6.45) is 0. The third kappa shape index (κ3) is 4.23. The Morgan fingerprint density at radius 3 is 2.48 bits per heavy atom. The van der Waals surface area contributed by atoms with Crippen molar-refractivity contribution < 1.29 is 17.9 Å². The number of aromatic nitrogens is 1. The molecule has 0 saturated carbocycles. The molecule has 0 bridgehead atoms. The van der Waals surface area contributed by atoms with Crippen molar-refractivity contribution in [2.75, 3.05) is 37.7 Å². The Bertz CT molecular complexity index is 1270. The largest absolute Gasteiger partial charge is 0.378 e. The molecule has 2 heterocycles. The van der Waals surface area contributed by atoms with Gasteiger partial charge in [0, 0.05) is 20.1 Å². The highest BCUT2D eigenvalue weighted by molar-refractivity contribution is 7.92. The Morgan fingerprint density at radius 2 is 1.81 bits per heavy atom. The molecule has 10 heteroatoms. The van der Waals surface area contributed by atoms with E-state index in [2.05, 4.69) is 0 Å². The molecular formula is C21H23N3O5S2. The number of anilines is 1. The first-order chi connectivity index (χ1) is 14.8. The van der Waals surface area contributed by atoms with Gasteiger partial charge in [-0.05, 0) is 37.3 Å². The van der Waals surface area contributed by atoms with Gasteiger partial charge in [-0.1, -0.05) is 29.0 Å². The third-order valence-electron chi connectivity index (χ3n) is 5.35. The Labute approximate surface area is 184 Å². The monoisotopic (exact) mass is 461 g/mol. The zero-order chi connectivity index (χ0) is 22.2. The number of fused-ring (bicyclic) bond motifs is 1. The maximum Gasteiger partial charge on any atom is 0.308 e. The summed E-state index contributed by atoms with van der Waals surface area (Å²) in [6, 6.07) is 11.8. The van der Waals surface area contributed by atoms with Crippen molar-refractivity contribution in [2.45, 2.75) is 18.4 Å². The summed E-state index contributed by atoms with van der Waals surface area (Å²) < 4.78 is 34.6. The molecule has 0 radical (unpaired) electrons. The number of nitrogens with zero attached hydrogens (tertiary/aromatic N) is 3. The van der Waals surface area contributed by atoms with E-state index in [1.807, 2.05) is 19.1 Å². The minimum atomic E-state index is -3.80. The summed E-state index contributed by atoms with van der Waals surface area (Å²) in [5.41, 5.74) is 2.13. The van der Waals surface area contributed by atoms with Crippen LogP contribution < -0.4 is 9.18 Å². The lowest BCUT2D eigenvalue weighted by Gasteiger charge is -2.26. The number of hydrogen-bond donors (Lipinski definition) is 0. The summed E-state index contributed by atoms with van der Waals surface area (Å²) in [5, 5.41) is 0. The first kappa shape index (κ1) is 21.5. The van der Waals surface area contributed by atoms with Gasteiger partial charge in [0.25, 0.3) is 10.0 Å². The summed E-state index contributed by atoms with van der Waals surface area (Å²) >= 11 is 0.936. The van der Waals surface area contributed by atoms with E-state index in [1.54, 1.807) is 23.1 Å². The van der Waals surface area contributed by atoms with Gasteiger partial charge in [0.05, 0.1) is 34.0 Å². The van der Waals surface area contributed by atoms with Crippen LogP contribution in [0.2, 0.25) is 0 Å². The van der Waals surface area contributed by atoms with Gasteiger partial charge in [-0.15, -0.1) is 0 Å². The maximum absolute atomic E-state index is 13.1. The van der Waals surface area contributed by atoms with Crippen molar-refractivity contribution in [1.82, 2.24) is 9.47 Å². The first-order valence-electron chi connectivity index (χ1n) is 9.82. The average molecular weight is 462 g/mol. The van der Waals surface area contributed by atoms with Crippen molar-refractivity contribution in [2.24, 2.45) is 0 Å². The van der Waals surface area contributed by atoms with Gasteiger partial charge in [-0.3, -0.25) is 18.5 Å². The van der Waals surface area contributed by atoms with Gasteiger partial charge < -0.3 is 9.64 Å². The van der Waals surface area contributed by atoms with Crippen LogP contribution in [0, 0.1) is 6.92 Å². The minimum Gasteiger partial charge on any atom is -0.378 e. The zero-order valence-electron chi connectivity index (χ0n) is 17.3. The van der Waals surface area contributed by atoms with E-state index in [0.717, 1.165) is 16.9 Å². The van der Waals surface area contributed by atoms with Gasteiger partial charge in [0.1, 0.15) is 6.54 Å². The molecule has 1 aliphatic heterocycles. The highest BCUT2D eigenvalue weighted by Crippen LogP contribution is 2.26. The molecule has 0 unspecified atom stereocenters. The van der Waals surface area contributed by atoms with E-state index in [0.29, 0.717) is 42.2 Å². The topological polar surface area (TPSA) is 88.9 Å². The number of aryl methyl sites for hydroxylation is 1. The van der Waals surface area contributed by atoms with Crippen molar-refractivity contribution >= 4 is 43.2 Å². The lowest BCUT2D eigenvalue weighted by atomic mass is 10.2. The number of thiazole rings is 1. The molecule has 2 aromatic carbocycles. The number of morpholine rings is 1. The third-order valence-corrected chi connectivity index (χ3v) is 8.08. The van der Waals surface area contributed by atoms with Gasteiger partial charge in [0.2, 0.25) is 5.91 Å². The van der Waals surface area contributed by atoms with Crippen LogP contribution in [0.25, 0.3) is 10.2 Å². The molecule has 0 spiro atoms. The molecule has 4 rings (SSSR count). The predicted octanol–water partition coefficient (Wildman–Crippen LogP) is 2.06. The quantitative estimate of drug-likeness (QED) is 0.580. The standard InChI is InChI=1S/C21H23N3O5S2/c1-15-3-5-16(6-4-15)22(2)31(27,28)17-7-8-18-19(13-17)30-21(26)24(18)14-20(25)23-9-11-29-12-10-23/h3-8,13H,9-12,14H2,1-2H3. The number of hydrogen-bond acceptors (Lipinski definition) is 6. The molecule has 164 valence electrons. The minimum absolute atomic E-state index is 0.0752. The van der Waals surface area contributed by atoms with Crippen LogP contribution in [0.5, 0.6) is 0 Å². The van der Waals surface area contributed by atoms with Gasteiger partial charge in [-0.2, -0.15) is 0 Å². The summed E-state index contributed by atoms with van der Waals surface area (Å²) in [4.78, 5) is 26.6. The number of amides is 1. The number of rotatable bonds is 5. The molecule has 8 nitrogen and oxygen atoms in total. The van der Waals surface area contributed by atoms with E-state index in [4.69, 9.17) is 4.74 Å². The fraction of sp³-hybridized carbons (Fsp3) is 0.333. The maximum atomic E-state index is 13.1. The van der Waals surface area contributed by atoms with Gasteiger partial charge >= 0.3 is 4.87 Å². The second-order valence-corrected chi connectivity index (χ2v) is 10.3. The summed E-state index contributed by atoms with van der Waals surface area (Å²) in [5.74, 6) is -0.152. The van der Waals surface area contributed by atoms with Crippen LogP contribution in [-0.2, 0) is 26.1 Å². The number of benzene rings is 2. The normalized spacial score (nSPS) is 14.7. The van der Waals surface area contributed by atoms with Gasteiger partial charge in [-0.25, -0.2) is 8.42 Å². The first-order valence-corrected chi connectivity index (χ1v) is 12.1. The van der Waals surface area contributed by atoms with Crippen LogP contribution in [0.15, 0.2) is 52.2 Å². The van der Waals surface area contributed by atoms with Gasteiger partial charge in [0.15, 0.2) is 0 Å². The Morgan fingerprint density at radius 1 is 1.13 bits per heavy atom. The van der Waals surface area contributed by atoms with E-state index in [1.165, 1.54) is 28.1 Å². The molecule has 0 N–H and O–H groups in total. The molecule has 0 aliphatic carbocycles. The van der Waals surface area contributed by atoms with Crippen LogP contribution >= 0.6 is 11.3 Å². The van der Waals surface area contributed by atoms with E-state index < -0.39 is 10.0 Å². The van der Waals surface area contributed by atoms with E-state index >= 15 is 0 Å². The molecule has 1 aromatic heterocycles. The number of sulfonamides is 1. The fourth-order valence-corrected chi connectivity index (χ4v) is 5.68. The van der Waals surface area contributed by atoms with Crippen molar-refractivity contribution in [3.05, 3.63) is 57.7 Å². The highest BCUT2D eigenvalue weighted by atomic mass is 32.2. The van der Waals surface area contributed by atoms with Crippen LogP contribution in [0.1, 0.15) is 5.56 Å². The number of ether oxygens (including phenoxy) is 1. The Kier molecular flexibility index (Phi) is 5.87. The van der Waals surface area contributed by atoms with Crippen molar-refractivity contribution in [1.29, 1.82) is 0 Å². The smallest absolute Gasteiger partial charge is 0.308 e. The van der Waals surface area contributed by atoms with Crippen LogP contribution in [-0.4, -0.2) is 57.1 Å². The predicted molar refractivity (Wildman–Crippen MR) is 120 cm³/mol. The van der Waals surface area contributed by atoms with Crippen molar-refractivity contribution in [3.63, 3.8) is 0 Å². The summed E-state index contributed by atoms with van der Waals surface area (Å²) in [7, 11) is -2.30. The van der Waals surface area contributed by atoms with Crippen LogP contribution in [0.4, 0.5) is 5.69 Å². The van der Waals surface area contributed by atoms with E-state index in [-0.39, 0.29) is 22.2 Å². The SMILES string of the molecule is Cc1ccc(N(C)S(=O)(=O)c2ccc3c(c2)sc(=O)n3CC(=O)N2CCOCC2)cc1. The lowest BCUT2D eigenvalue weighted by Crippen LogP contribution is -2.43. The summed E-state index contributed by atoms with van der Waals surface area (Å²) in [6.45, 7) is 3.84. The molecule has 1 saturated heterocycles. The molecule has 1 aliphatic rings. The second-order valence-electron chi connectivity index (χ2n) is 7.38. The molecule has 31 heavy (non-hydrogen) atoms. The molecule has 3 aromatic rings.